The van der Waals surface area contributed by atoms with Gasteiger partial charge in [-0.15, -0.1) is 11.8 Å². The molecule has 4 heteroatoms. The summed E-state index contributed by atoms with van der Waals surface area (Å²) in [6.07, 6.45) is 2.10. The summed E-state index contributed by atoms with van der Waals surface area (Å²) in [5.41, 5.74) is 5.84. The lowest BCUT2D eigenvalue weighted by molar-refractivity contribution is -0.129. The van der Waals surface area contributed by atoms with Gasteiger partial charge in [-0.2, -0.15) is 0 Å². The van der Waals surface area contributed by atoms with Gasteiger partial charge in [0.2, 0.25) is 5.91 Å². The lowest BCUT2D eigenvalue weighted by Gasteiger charge is -2.31. The van der Waals surface area contributed by atoms with Crippen LogP contribution in [0, 0.1) is 0 Å². The van der Waals surface area contributed by atoms with E-state index in [0.29, 0.717) is 5.75 Å². The summed E-state index contributed by atoms with van der Waals surface area (Å²) in [7, 11) is 0. The Kier molecular flexibility index (Phi) is 4.46. The van der Waals surface area contributed by atoms with Gasteiger partial charge < -0.3 is 10.6 Å². The fourth-order valence-electron chi connectivity index (χ4n) is 1.61. The Hall–Kier alpha value is -0.220. The minimum atomic E-state index is 0.160. The number of hydrogen-bond acceptors (Lipinski definition) is 3. The highest BCUT2D eigenvalue weighted by Gasteiger charge is 2.22. The van der Waals surface area contributed by atoms with Crippen molar-refractivity contribution in [2.45, 2.75) is 44.4 Å². The van der Waals surface area contributed by atoms with Crippen LogP contribution in [-0.4, -0.2) is 40.4 Å². The van der Waals surface area contributed by atoms with Crippen LogP contribution >= 0.6 is 11.8 Å². The van der Waals surface area contributed by atoms with Crippen LogP contribution in [0.2, 0.25) is 0 Å². The summed E-state index contributed by atoms with van der Waals surface area (Å²) in [4.78, 5) is 13.7. The van der Waals surface area contributed by atoms with E-state index in [0.717, 1.165) is 25.9 Å². The maximum Gasteiger partial charge on any atom is 0.232 e. The van der Waals surface area contributed by atoms with E-state index in [1.165, 1.54) is 0 Å². The number of hydrogen-bond donors (Lipinski definition) is 1. The number of amides is 1. The predicted molar refractivity (Wildman–Crippen MR) is 66.0 cm³/mol. The number of carbonyl (C=O) groups is 1. The fraction of sp³-hybridized carbons (Fsp3) is 0.909. The first kappa shape index (κ1) is 12.8. The van der Waals surface area contributed by atoms with E-state index in [1.54, 1.807) is 11.8 Å². The second-order valence-electron chi connectivity index (χ2n) is 5.14. The summed E-state index contributed by atoms with van der Waals surface area (Å²) >= 11 is 1.70. The van der Waals surface area contributed by atoms with Crippen LogP contribution in [0.15, 0.2) is 0 Å². The highest BCUT2D eigenvalue weighted by molar-refractivity contribution is 8.01. The molecule has 0 aromatic carbocycles. The maximum absolute atomic E-state index is 11.8. The minimum absolute atomic E-state index is 0.160. The second kappa shape index (κ2) is 5.21. The first-order valence-corrected chi connectivity index (χ1v) is 6.54. The molecular weight excluding hydrogens is 208 g/mol. The fourth-order valence-corrected chi connectivity index (χ4v) is 2.35. The van der Waals surface area contributed by atoms with Gasteiger partial charge in [-0.1, -0.05) is 20.8 Å². The number of nitrogens with zero attached hydrogens (tertiary/aromatic N) is 1. The zero-order chi connectivity index (χ0) is 11.5. The van der Waals surface area contributed by atoms with Crippen molar-refractivity contribution in [3.8, 4) is 0 Å². The Morgan fingerprint density at radius 2 is 2.20 bits per heavy atom. The Balaban J connectivity index is 2.33. The average Bonchev–Trinajstić information content (AvgIpc) is 2.13. The quantitative estimate of drug-likeness (QED) is 0.781. The van der Waals surface area contributed by atoms with Gasteiger partial charge in [0.05, 0.1) is 5.75 Å². The molecule has 0 aromatic rings. The van der Waals surface area contributed by atoms with Gasteiger partial charge in [0.15, 0.2) is 0 Å². The number of likely N-dealkylation sites (tertiary alicyclic amines) is 1. The lowest BCUT2D eigenvalue weighted by Crippen LogP contribution is -2.46. The molecule has 1 amide bonds. The molecule has 1 fully saturated rings. The van der Waals surface area contributed by atoms with Crippen molar-refractivity contribution in [3.05, 3.63) is 0 Å². The molecule has 3 nitrogen and oxygen atoms in total. The van der Waals surface area contributed by atoms with Crippen LogP contribution in [0.5, 0.6) is 0 Å². The highest BCUT2D eigenvalue weighted by Crippen LogP contribution is 2.23. The van der Waals surface area contributed by atoms with Crippen LogP contribution in [0.3, 0.4) is 0 Å². The van der Waals surface area contributed by atoms with Gasteiger partial charge in [-0.3, -0.25) is 4.79 Å². The molecule has 1 aliphatic rings. The molecule has 0 aliphatic carbocycles. The average molecular weight is 230 g/mol. The van der Waals surface area contributed by atoms with Gasteiger partial charge in [-0.05, 0) is 12.8 Å². The lowest BCUT2D eigenvalue weighted by atomic mass is 10.1. The van der Waals surface area contributed by atoms with Crippen LogP contribution in [0.4, 0.5) is 0 Å². The van der Waals surface area contributed by atoms with Crippen molar-refractivity contribution in [1.82, 2.24) is 4.90 Å². The molecular formula is C11H22N2OS. The molecule has 2 N–H and O–H groups in total. The first-order chi connectivity index (χ1) is 6.88. The predicted octanol–water partition coefficient (Wildman–Crippen LogP) is 1.47. The van der Waals surface area contributed by atoms with E-state index >= 15 is 0 Å². The van der Waals surface area contributed by atoms with Crippen LogP contribution in [0.1, 0.15) is 33.6 Å². The molecule has 1 rings (SSSR count). The molecule has 1 unspecified atom stereocenters. The zero-order valence-corrected chi connectivity index (χ0v) is 10.8. The molecule has 1 saturated heterocycles. The van der Waals surface area contributed by atoms with Crippen molar-refractivity contribution in [3.63, 3.8) is 0 Å². The molecule has 1 heterocycles. The summed E-state index contributed by atoms with van der Waals surface area (Å²) < 4.78 is 0.160. The van der Waals surface area contributed by atoms with E-state index in [4.69, 9.17) is 5.73 Å². The number of piperidine rings is 1. The topological polar surface area (TPSA) is 46.3 Å². The summed E-state index contributed by atoms with van der Waals surface area (Å²) in [5, 5.41) is 0. The number of rotatable bonds is 2. The molecule has 88 valence electrons. The number of thioether (sulfide) groups is 1. The maximum atomic E-state index is 11.8. The molecule has 0 radical (unpaired) electrons. The Morgan fingerprint density at radius 3 is 2.73 bits per heavy atom. The van der Waals surface area contributed by atoms with E-state index in [1.807, 2.05) is 4.90 Å². The SMILES string of the molecule is CC(C)(C)SCC(=O)N1CCCC(N)C1. The van der Waals surface area contributed by atoms with Crippen LogP contribution in [0.25, 0.3) is 0 Å². The standard InChI is InChI=1S/C11H22N2OS/c1-11(2,3)15-8-10(14)13-6-4-5-9(12)7-13/h9H,4-8,12H2,1-3H3. The number of nitrogens with two attached hydrogens (primary N) is 1. The van der Waals surface area contributed by atoms with Crippen LogP contribution < -0.4 is 5.73 Å². The van der Waals surface area contributed by atoms with E-state index < -0.39 is 0 Å². The van der Waals surface area contributed by atoms with Gasteiger partial charge in [0.25, 0.3) is 0 Å². The van der Waals surface area contributed by atoms with Crippen molar-refractivity contribution in [2.75, 3.05) is 18.8 Å². The minimum Gasteiger partial charge on any atom is -0.340 e. The normalized spacial score (nSPS) is 22.9. The van der Waals surface area contributed by atoms with Crippen molar-refractivity contribution < 1.29 is 4.79 Å². The van der Waals surface area contributed by atoms with E-state index in [9.17, 15) is 4.79 Å². The monoisotopic (exact) mass is 230 g/mol. The Labute approximate surface area is 96.8 Å². The number of carbonyl (C=O) groups excluding carboxylic acids is 1. The molecule has 0 aromatic heterocycles. The molecule has 1 aliphatic heterocycles. The zero-order valence-electron chi connectivity index (χ0n) is 9.95. The largest absolute Gasteiger partial charge is 0.340 e. The Bertz CT molecular complexity index is 225. The summed E-state index contributed by atoms with van der Waals surface area (Å²) in [6.45, 7) is 8.02. The van der Waals surface area contributed by atoms with E-state index in [-0.39, 0.29) is 16.7 Å². The van der Waals surface area contributed by atoms with Crippen LogP contribution in [-0.2, 0) is 4.79 Å². The van der Waals surface area contributed by atoms with Gasteiger partial charge in [0.1, 0.15) is 0 Å². The van der Waals surface area contributed by atoms with Gasteiger partial charge >= 0.3 is 0 Å². The molecule has 15 heavy (non-hydrogen) atoms. The third-order valence-electron chi connectivity index (χ3n) is 2.44. The van der Waals surface area contributed by atoms with Crippen molar-refractivity contribution >= 4 is 17.7 Å². The van der Waals surface area contributed by atoms with Crippen molar-refractivity contribution in [1.29, 1.82) is 0 Å². The van der Waals surface area contributed by atoms with Gasteiger partial charge in [0, 0.05) is 23.9 Å². The summed E-state index contributed by atoms with van der Waals surface area (Å²) in [5.74, 6) is 0.820. The molecule has 0 bridgehead atoms. The smallest absolute Gasteiger partial charge is 0.232 e. The molecule has 1 atom stereocenters. The van der Waals surface area contributed by atoms with Crippen molar-refractivity contribution in [2.24, 2.45) is 5.73 Å². The molecule has 0 spiro atoms. The third kappa shape index (κ3) is 4.89. The second-order valence-corrected chi connectivity index (χ2v) is 6.95. The van der Waals surface area contributed by atoms with Gasteiger partial charge in [-0.25, -0.2) is 0 Å². The molecule has 0 saturated carbocycles. The van der Waals surface area contributed by atoms with E-state index in [2.05, 4.69) is 20.8 Å². The summed E-state index contributed by atoms with van der Waals surface area (Å²) in [6, 6.07) is 0.183. The first-order valence-electron chi connectivity index (χ1n) is 5.56. The Morgan fingerprint density at radius 1 is 1.53 bits per heavy atom. The highest BCUT2D eigenvalue weighted by atomic mass is 32.2. The third-order valence-corrected chi connectivity index (χ3v) is 3.70.